The summed E-state index contributed by atoms with van der Waals surface area (Å²) in [5, 5.41) is 13.5. The fraction of sp³-hybridized carbons (Fsp3) is 0.167. The molecule has 0 aliphatic heterocycles. The number of carbonyl (C=O) groups excluding carboxylic acids is 1. The van der Waals surface area contributed by atoms with Crippen LogP contribution in [0.5, 0.6) is 11.5 Å². The number of rotatable bonds is 4. The third kappa shape index (κ3) is 3.35. The first kappa shape index (κ1) is 15.1. The van der Waals surface area contributed by atoms with Gasteiger partial charge in [-0.25, -0.2) is 0 Å². The number of furan rings is 1. The lowest BCUT2D eigenvalue weighted by molar-refractivity contribution is -0.127. The van der Waals surface area contributed by atoms with E-state index in [1.165, 1.54) is 13.8 Å². The number of fused-ring (bicyclic) bond motifs is 1. The molecule has 0 saturated carbocycles. The summed E-state index contributed by atoms with van der Waals surface area (Å²) in [6.45, 7) is 2.80. The van der Waals surface area contributed by atoms with Crippen molar-refractivity contribution in [1.29, 1.82) is 0 Å². The van der Waals surface area contributed by atoms with Gasteiger partial charge in [-0.1, -0.05) is 18.2 Å². The standard InChI is InChI=1S/C18H17NO4/c1-12(20)19-18(2,21)17-11-13-10-15(8-9-16(13)23-17)22-14-6-4-3-5-7-14/h3-11,21H,1-2H3,(H,19,20). The summed E-state index contributed by atoms with van der Waals surface area (Å²) in [7, 11) is 0. The van der Waals surface area contributed by atoms with Gasteiger partial charge in [0.05, 0.1) is 0 Å². The molecule has 0 saturated heterocycles. The SMILES string of the molecule is CC(=O)NC(C)(O)c1cc2cc(Oc3ccccc3)ccc2o1. The summed E-state index contributed by atoms with van der Waals surface area (Å²) in [4.78, 5) is 11.2. The average molecular weight is 311 g/mol. The third-order valence-corrected chi connectivity index (χ3v) is 3.37. The minimum absolute atomic E-state index is 0.263. The van der Waals surface area contributed by atoms with Crippen LogP contribution >= 0.6 is 0 Å². The van der Waals surface area contributed by atoms with E-state index in [0.29, 0.717) is 11.3 Å². The number of hydrogen-bond acceptors (Lipinski definition) is 4. The van der Waals surface area contributed by atoms with Gasteiger partial charge >= 0.3 is 0 Å². The lowest BCUT2D eigenvalue weighted by Gasteiger charge is -2.20. The van der Waals surface area contributed by atoms with Crippen molar-refractivity contribution in [3.8, 4) is 11.5 Å². The predicted octanol–water partition coefficient (Wildman–Crippen LogP) is 3.53. The van der Waals surface area contributed by atoms with E-state index in [4.69, 9.17) is 9.15 Å². The first-order chi connectivity index (χ1) is 10.9. The van der Waals surface area contributed by atoms with Gasteiger partial charge < -0.3 is 19.6 Å². The smallest absolute Gasteiger partial charge is 0.219 e. The van der Waals surface area contributed by atoms with Gasteiger partial charge in [0.2, 0.25) is 5.91 Å². The Hall–Kier alpha value is -2.79. The highest BCUT2D eigenvalue weighted by Crippen LogP contribution is 2.30. The molecule has 1 aromatic heterocycles. The van der Waals surface area contributed by atoms with Gasteiger partial charge in [-0.2, -0.15) is 0 Å². The molecule has 3 rings (SSSR count). The highest BCUT2D eigenvalue weighted by Gasteiger charge is 2.28. The number of hydrogen-bond donors (Lipinski definition) is 2. The molecule has 0 fully saturated rings. The van der Waals surface area contributed by atoms with Gasteiger partial charge in [0.25, 0.3) is 0 Å². The van der Waals surface area contributed by atoms with Gasteiger partial charge in [0.15, 0.2) is 11.5 Å². The van der Waals surface area contributed by atoms with Crippen molar-refractivity contribution in [2.75, 3.05) is 0 Å². The second-order valence-electron chi connectivity index (χ2n) is 5.48. The third-order valence-electron chi connectivity index (χ3n) is 3.37. The zero-order chi connectivity index (χ0) is 16.4. The molecular weight excluding hydrogens is 294 g/mol. The van der Waals surface area contributed by atoms with E-state index in [-0.39, 0.29) is 11.7 Å². The molecule has 5 heteroatoms. The highest BCUT2D eigenvalue weighted by molar-refractivity contribution is 5.80. The van der Waals surface area contributed by atoms with Crippen molar-refractivity contribution in [2.45, 2.75) is 19.6 Å². The zero-order valence-corrected chi connectivity index (χ0v) is 12.9. The quantitative estimate of drug-likeness (QED) is 0.723. The van der Waals surface area contributed by atoms with Gasteiger partial charge in [-0.05, 0) is 43.3 Å². The molecule has 1 amide bonds. The second kappa shape index (κ2) is 5.78. The monoisotopic (exact) mass is 311 g/mol. The number of para-hydroxylation sites is 1. The van der Waals surface area contributed by atoms with Crippen molar-refractivity contribution < 1.29 is 19.1 Å². The Morgan fingerprint density at radius 2 is 1.87 bits per heavy atom. The number of carbonyl (C=O) groups is 1. The summed E-state index contributed by atoms with van der Waals surface area (Å²) < 4.78 is 11.4. The van der Waals surface area contributed by atoms with Crippen molar-refractivity contribution in [1.82, 2.24) is 5.32 Å². The van der Waals surface area contributed by atoms with Crippen LogP contribution in [-0.2, 0) is 10.5 Å². The van der Waals surface area contributed by atoms with Gasteiger partial charge in [-0.3, -0.25) is 4.79 Å². The van der Waals surface area contributed by atoms with Gasteiger partial charge in [0.1, 0.15) is 17.1 Å². The normalized spacial score (nSPS) is 13.5. The molecule has 23 heavy (non-hydrogen) atoms. The van der Waals surface area contributed by atoms with Crippen LogP contribution in [0, 0.1) is 0 Å². The molecule has 0 aliphatic carbocycles. The molecule has 2 N–H and O–H groups in total. The maximum Gasteiger partial charge on any atom is 0.219 e. The molecule has 0 aliphatic rings. The molecule has 3 aromatic rings. The zero-order valence-electron chi connectivity index (χ0n) is 12.9. The minimum atomic E-state index is -1.56. The molecule has 0 bridgehead atoms. The number of nitrogens with one attached hydrogen (secondary N) is 1. The molecule has 1 heterocycles. The maximum absolute atomic E-state index is 11.2. The average Bonchev–Trinajstić information content (AvgIpc) is 2.91. The van der Waals surface area contributed by atoms with Crippen LogP contribution in [0.15, 0.2) is 59.0 Å². The van der Waals surface area contributed by atoms with E-state index in [1.54, 1.807) is 18.2 Å². The fourth-order valence-electron chi connectivity index (χ4n) is 2.35. The topological polar surface area (TPSA) is 71.7 Å². The molecular formula is C18H17NO4. The first-order valence-corrected chi connectivity index (χ1v) is 7.22. The number of aliphatic hydroxyl groups is 1. The van der Waals surface area contributed by atoms with Crippen LogP contribution in [0.25, 0.3) is 11.0 Å². The summed E-state index contributed by atoms with van der Waals surface area (Å²) in [5.41, 5.74) is -0.961. The van der Waals surface area contributed by atoms with Crippen molar-refractivity contribution in [3.05, 3.63) is 60.4 Å². The van der Waals surface area contributed by atoms with E-state index in [1.807, 2.05) is 36.4 Å². The van der Waals surface area contributed by atoms with Crippen molar-refractivity contribution in [2.24, 2.45) is 0 Å². The lowest BCUT2D eigenvalue weighted by atomic mass is 10.1. The summed E-state index contributed by atoms with van der Waals surface area (Å²) in [5.74, 6) is 1.32. The van der Waals surface area contributed by atoms with Crippen LogP contribution in [0.1, 0.15) is 19.6 Å². The Balaban J connectivity index is 1.90. The Morgan fingerprint density at radius 1 is 1.13 bits per heavy atom. The largest absolute Gasteiger partial charge is 0.457 e. The summed E-state index contributed by atoms with van der Waals surface area (Å²) >= 11 is 0. The van der Waals surface area contributed by atoms with E-state index in [0.717, 1.165) is 11.1 Å². The second-order valence-corrected chi connectivity index (χ2v) is 5.48. The van der Waals surface area contributed by atoms with Gasteiger partial charge in [-0.15, -0.1) is 0 Å². The molecule has 118 valence electrons. The highest BCUT2D eigenvalue weighted by atomic mass is 16.5. The maximum atomic E-state index is 11.2. The number of amides is 1. The van der Waals surface area contributed by atoms with Crippen LogP contribution in [-0.4, -0.2) is 11.0 Å². The molecule has 0 radical (unpaired) electrons. The number of benzene rings is 2. The van der Waals surface area contributed by atoms with Crippen LogP contribution < -0.4 is 10.1 Å². The van der Waals surface area contributed by atoms with Crippen molar-refractivity contribution >= 4 is 16.9 Å². The fourth-order valence-corrected chi connectivity index (χ4v) is 2.35. The number of ether oxygens (including phenoxy) is 1. The van der Waals surface area contributed by atoms with Crippen LogP contribution in [0.4, 0.5) is 0 Å². The summed E-state index contributed by atoms with van der Waals surface area (Å²) in [6, 6.07) is 16.5. The molecule has 1 atom stereocenters. The van der Waals surface area contributed by atoms with E-state index in [2.05, 4.69) is 5.32 Å². The molecule has 0 spiro atoms. The van der Waals surface area contributed by atoms with Crippen LogP contribution in [0.3, 0.4) is 0 Å². The van der Waals surface area contributed by atoms with E-state index < -0.39 is 5.72 Å². The molecule has 5 nitrogen and oxygen atoms in total. The van der Waals surface area contributed by atoms with E-state index in [9.17, 15) is 9.90 Å². The minimum Gasteiger partial charge on any atom is -0.457 e. The molecule has 1 unspecified atom stereocenters. The van der Waals surface area contributed by atoms with E-state index >= 15 is 0 Å². The lowest BCUT2D eigenvalue weighted by Crippen LogP contribution is -2.41. The Morgan fingerprint density at radius 3 is 2.57 bits per heavy atom. The van der Waals surface area contributed by atoms with Crippen molar-refractivity contribution in [3.63, 3.8) is 0 Å². The Bertz CT molecular complexity index is 837. The van der Waals surface area contributed by atoms with Crippen LogP contribution in [0.2, 0.25) is 0 Å². The predicted molar refractivity (Wildman–Crippen MR) is 86.1 cm³/mol. The van der Waals surface area contributed by atoms with Gasteiger partial charge in [0, 0.05) is 12.3 Å². The Labute approximate surface area is 133 Å². The first-order valence-electron chi connectivity index (χ1n) is 7.22. The Kier molecular flexibility index (Phi) is 3.80. The summed E-state index contributed by atoms with van der Waals surface area (Å²) in [6.07, 6.45) is 0. The molecule has 2 aromatic carbocycles.